The average Bonchev–Trinajstić information content (AvgIpc) is 1.50. The van der Waals surface area contributed by atoms with E-state index in [1.165, 1.54) is 256 Å². The van der Waals surface area contributed by atoms with Gasteiger partial charge in [-0.2, -0.15) is 0 Å². The van der Waals surface area contributed by atoms with Gasteiger partial charge in [0.25, 0.3) is 13.4 Å². The van der Waals surface area contributed by atoms with Gasteiger partial charge in [-0.05, 0) is 282 Å². The maximum Gasteiger partial charge on any atom is 0.252 e. The van der Waals surface area contributed by atoms with Crippen LogP contribution < -0.4 is 52.8 Å². The van der Waals surface area contributed by atoms with E-state index >= 15 is 0 Å². The van der Waals surface area contributed by atoms with Gasteiger partial charge in [-0.1, -0.05) is 410 Å². The van der Waals surface area contributed by atoms with Crippen LogP contribution >= 0.6 is 11.6 Å². The molecule has 0 bridgehead atoms. The minimum absolute atomic E-state index is 0. The third-order valence-electron chi connectivity index (χ3n) is 34.4. The average molecular weight is 1900 g/mol. The van der Waals surface area contributed by atoms with Crippen molar-refractivity contribution in [2.75, 3.05) is 20.0 Å². The summed E-state index contributed by atoms with van der Waals surface area (Å²) in [5.41, 5.74) is 49.6. The van der Waals surface area contributed by atoms with Crippen LogP contribution in [0.15, 0.2) is 461 Å². The van der Waals surface area contributed by atoms with Crippen molar-refractivity contribution in [3.63, 3.8) is 0 Å². The molecule has 4 unspecified atom stereocenters. The van der Waals surface area contributed by atoms with E-state index in [0.29, 0.717) is 0 Å². The van der Waals surface area contributed by atoms with Crippen LogP contribution in [-0.2, 0) is 10.8 Å². The zero-order valence-electron chi connectivity index (χ0n) is 81.8. The summed E-state index contributed by atoms with van der Waals surface area (Å²) in [6.07, 6.45) is 9.71. The lowest BCUT2D eigenvalue weighted by Gasteiger charge is -2.52. The second-order valence-electron chi connectivity index (χ2n) is 42.1. The van der Waals surface area contributed by atoms with Gasteiger partial charge in [0.2, 0.25) is 0 Å². The summed E-state index contributed by atoms with van der Waals surface area (Å²) in [6.45, 7) is 10.4. The monoisotopic (exact) mass is 1890 g/mol. The molecule has 8 aliphatic rings. The molecule has 30 rings (SSSR count). The molecule has 700 valence electrons. The Hall–Kier alpha value is -16.4. The van der Waals surface area contributed by atoms with Crippen LogP contribution in [0.2, 0.25) is 5.02 Å². The van der Waals surface area contributed by atoms with Crippen molar-refractivity contribution in [2.24, 2.45) is 0 Å². The predicted molar refractivity (Wildman–Crippen MR) is 623 cm³/mol. The van der Waals surface area contributed by atoms with Crippen LogP contribution in [0.3, 0.4) is 0 Å². The van der Waals surface area contributed by atoms with Crippen LogP contribution in [0.5, 0.6) is 0 Å². The van der Waals surface area contributed by atoms with Gasteiger partial charge in [-0.3, -0.25) is 0 Å². The molecule has 22 aromatic rings. The number of nitrogens with one attached hydrogen (secondary N) is 1. The first-order chi connectivity index (χ1) is 71.3. The predicted octanol–water partition coefficient (Wildman–Crippen LogP) is 32.9. The van der Waals surface area contributed by atoms with Crippen molar-refractivity contribution < 1.29 is 0 Å². The summed E-state index contributed by atoms with van der Waals surface area (Å²) in [6, 6.07) is 170. The SMILES string of the molecule is C.CC12CCCCC1(C)N1c3cc(Cl)cc4c3B(c3cccc2c31)c1cc(-c2ccccc2)cc2c3cc(-c5ccccc5)ccc3n-4c12.CC12CCCCC1(C)N1c3cc(N(c4cccc(-c5ccccc5)c4)c4cccc(-c5ccccc5)c4)cc4c3B(c3cccc2c31)c1cc(-c2ccccc2)cc2c3cc(-c5ccccc5)ccc3n-4c12.c1ccc(-c2cccc(Nc3cccc(-c4ccccc4)c3)c2)cc1. The van der Waals surface area contributed by atoms with Gasteiger partial charge in [-0.25, -0.2) is 0 Å². The molecule has 20 aromatic carbocycles. The highest BCUT2D eigenvalue weighted by Gasteiger charge is 2.63. The summed E-state index contributed by atoms with van der Waals surface area (Å²) >= 11 is 7.20. The number of fused-ring (bicyclic) bond motifs is 20. The molecular formula is C137H109B2ClN6. The second-order valence-corrected chi connectivity index (χ2v) is 42.6. The fourth-order valence-electron chi connectivity index (χ4n) is 27.3. The zero-order chi connectivity index (χ0) is 96.5. The number of hydrogen-bond acceptors (Lipinski definition) is 4. The Balaban J connectivity index is 0.000000122. The molecule has 9 heteroatoms. The number of halogens is 1. The molecule has 146 heavy (non-hydrogen) atoms. The lowest BCUT2D eigenvalue weighted by Crippen LogP contribution is -2.64. The standard InChI is InChI=1S/C68H52BN3.C44H34BClN2.C24H19N.CH4/c1-67-36-15-16-37-68(67,2)72-63-44-55(70(53-30-17-28-49(38-53)45-20-7-3-8-21-45)54-31-18-29-50(39-54)46-22-9-4-10-23-46)43-62-64(63)69(59-33-19-32-58(67)66(59)72)60-42-52(48-26-13-6-14-27-48)41-57-56-40-51(47-24-11-5-12-25-47)34-35-61(56)71(62)65(57)60;1-43-20-9-10-21-44(43,2)48-39-26-31(46)25-38-40(39)45(35-17-11-16-34(43)42(35)48)36-24-30(28-14-7-4-8-15-28)23-33-32-22-29(27-12-5-3-6-13-27)18-19-37(32)47(38)41(33)36;1-3-9-19(10-4-1)21-13-7-15-23(17-21)25-24-16-8-14-22(18-24)20-11-5-2-6-12-20;/h3-14,17-35,38-44H,15-16,36-37H2,1-2H3;3-8,11-19,22-26H,9-10,20-21H2,1-2H3;1-18,25H;1H4. The molecule has 1 N–H and O–H groups in total. The minimum atomic E-state index is -0.128. The first-order valence-corrected chi connectivity index (χ1v) is 52.2. The summed E-state index contributed by atoms with van der Waals surface area (Å²) in [5, 5.41) is 9.47. The van der Waals surface area contributed by atoms with Crippen molar-refractivity contribution in [2.45, 2.75) is 108 Å². The van der Waals surface area contributed by atoms with Gasteiger partial charge >= 0.3 is 0 Å². The number of aromatic nitrogens is 2. The third-order valence-corrected chi connectivity index (χ3v) is 34.7. The van der Waals surface area contributed by atoms with Gasteiger partial charge in [-0.15, -0.1) is 0 Å². The van der Waals surface area contributed by atoms with E-state index < -0.39 is 0 Å². The third kappa shape index (κ3) is 13.8. The fraction of sp³-hybridized carbons (Fsp3) is 0.124. The molecule has 4 atom stereocenters. The molecule has 2 fully saturated rings. The molecule has 0 spiro atoms. The van der Waals surface area contributed by atoms with Crippen molar-refractivity contribution in [3.8, 4) is 100 Å². The van der Waals surface area contributed by atoms with E-state index in [-0.39, 0.29) is 42.8 Å². The largest absolute Gasteiger partial charge is 0.355 e. The summed E-state index contributed by atoms with van der Waals surface area (Å²) < 4.78 is 5.20. The molecule has 8 heterocycles. The van der Waals surface area contributed by atoms with Crippen molar-refractivity contribution in [1.29, 1.82) is 0 Å². The maximum atomic E-state index is 7.20. The van der Waals surface area contributed by atoms with E-state index in [9.17, 15) is 0 Å². The molecule has 2 aliphatic carbocycles. The van der Waals surface area contributed by atoms with Crippen molar-refractivity contribution in [1.82, 2.24) is 9.13 Å². The molecule has 2 saturated carbocycles. The Morgan fingerprint density at radius 1 is 0.253 bits per heavy atom. The summed E-state index contributed by atoms with van der Waals surface area (Å²) in [4.78, 5) is 8.16. The van der Waals surface area contributed by atoms with Gasteiger partial charge in [0.05, 0.1) is 27.8 Å². The lowest BCUT2D eigenvalue weighted by molar-refractivity contribution is 0.195. The number of anilines is 9. The molecule has 0 radical (unpaired) electrons. The molecule has 6 nitrogen and oxygen atoms in total. The van der Waals surface area contributed by atoms with E-state index in [4.69, 9.17) is 11.6 Å². The zero-order valence-corrected chi connectivity index (χ0v) is 82.6. The quantitative estimate of drug-likeness (QED) is 0.117. The topological polar surface area (TPSA) is 31.6 Å². The van der Waals surface area contributed by atoms with Crippen LogP contribution in [0.1, 0.15) is 97.6 Å². The van der Waals surface area contributed by atoms with E-state index in [2.05, 4.69) is 506 Å². The Labute approximate surface area is 861 Å². The molecular weight excluding hydrogens is 1790 g/mol. The molecule has 2 aromatic heterocycles. The molecule has 0 amide bonds. The highest BCUT2D eigenvalue weighted by Crippen LogP contribution is 2.65. The van der Waals surface area contributed by atoms with E-state index in [0.717, 1.165) is 39.9 Å². The first kappa shape index (κ1) is 88.5. The van der Waals surface area contributed by atoms with Gasteiger partial charge in [0, 0.05) is 105 Å². The number of benzene rings is 20. The fourth-order valence-corrected chi connectivity index (χ4v) is 27.5. The normalized spacial score (nSPS) is 17.7. The Morgan fingerprint density at radius 3 is 0.938 bits per heavy atom. The highest BCUT2D eigenvalue weighted by molar-refractivity contribution is 7.01. The van der Waals surface area contributed by atoms with Crippen LogP contribution in [-0.4, -0.2) is 33.6 Å². The van der Waals surface area contributed by atoms with Gasteiger partial charge in [0.1, 0.15) is 0 Å². The number of rotatable bonds is 13. The van der Waals surface area contributed by atoms with Crippen LogP contribution in [0.4, 0.5) is 51.2 Å². The Bertz CT molecular complexity index is 8800. The molecule has 6 aliphatic heterocycles. The summed E-state index contributed by atoms with van der Waals surface area (Å²) in [5.74, 6) is 0. The molecule has 0 saturated heterocycles. The summed E-state index contributed by atoms with van der Waals surface area (Å²) in [7, 11) is 0. The van der Waals surface area contributed by atoms with Gasteiger partial charge in [0.15, 0.2) is 0 Å². The maximum absolute atomic E-state index is 7.20. The van der Waals surface area contributed by atoms with Crippen molar-refractivity contribution in [3.05, 3.63) is 477 Å². The van der Waals surface area contributed by atoms with Crippen LogP contribution in [0.25, 0.3) is 144 Å². The smallest absolute Gasteiger partial charge is 0.252 e. The second kappa shape index (κ2) is 34.7. The number of nitrogens with zero attached hydrogens (tertiary/aromatic N) is 5. The minimum Gasteiger partial charge on any atom is -0.355 e. The first-order valence-electron chi connectivity index (χ1n) is 51.8. The van der Waals surface area contributed by atoms with Crippen LogP contribution in [0, 0.1) is 0 Å². The van der Waals surface area contributed by atoms with Crippen molar-refractivity contribution >= 4 is 153 Å². The Kier molecular flexibility index (Phi) is 21.1. The van der Waals surface area contributed by atoms with E-state index in [1.54, 1.807) is 0 Å². The number of hydrogen-bond donors (Lipinski definition) is 1. The number of para-hydroxylation sites is 2. The Morgan fingerprint density at radius 2 is 0.555 bits per heavy atom. The highest BCUT2D eigenvalue weighted by atomic mass is 35.5. The van der Waals surface area contributed by atoms with E-state index in [1.807, 2.05) is 12.1 Å². The lowest BCUT2D eigenvalue weighted by atomic mass is 9.33. The van der Waals surface area contributed by atoms with Gasteiger partial charge < -0.3 is 29.2 Å².